The number of carbonyl (C=O) groups is 2. The van der Waals surface area contributed by atoms with Crippen LogP contribution in [0.4, 0.5) is 0 Å². The number of hydrogen-bond donors (Lipinski definition) is 3. The molecule has 0 aromatic carbocycles. The maximum atomic E-state index is 12.5. The van der Waals surface area contributed by atoms with Crippen LogP contribution < -0.4 is 5.32 Å². The SMILES string of the molecule is CCCC/C=C\C/C=C\CCCCCCCC(=O)OCCCCCCCCCCCCCCCCCCCCCCCCCCC(=O)NC(CO)C(O)/C=C/CCCCCCCCCCCCCCCC. The van der Waals surface area contributed by atoms with Crippen molar-refractivity contribution in [1.82, 2.24) is 5.32 Å². The maximum absolute atomic E-state index is 12.5. The molecule has 1 amide bonds. The molecule has 0 rings (SSSR count). The summed E-state index contributed by atoms with van der Waals surface area (Å²) in [5.74, 6) is -0.0649. The molecule has 0 bridgehead atoms. The second kappa shape index (κ2) is 60.6. The molecule has 71 heavy (non-hydrogen) atoms. The fourth-order valence-corrected chi connectivity index (χ4v) is 9.77. The largest absolute Gasteiger partial charge is 0.466 e. The zero-order chi connectivity index (χ0) is 51.4. The highest BCUT2D eigenvalue weighted by atomic mass is 16.5. The molecule has 0 aliphatic heterocycles. The average Bonchev–Trinajstić information content (AvgIpc) is 3.37. The summed E-state index contributed by atoms with van der Waals surface area (Å²) < 4.78 is 5.48. The van der Waals surface area contributed by atoms with E-state index in [0.29, 0.717) is 19.4 Å². The van der Waals surface area contributed by atoms with Gasteiger partial charge in [-0.15, -0.1) is 0 Å². The normalized spacial score (nSPS) is 12.8. The summed E-state index contributed by atoms with van der Waals surface area (Å²) in [6.07, 6.45) is 76.2. The van der Waals surface area contributed by atoms with E-state index in [0.717, 1.165) is 51.4 Å². The average molecular weight is 999 g/mol. The second-order valence-corrected chi connectivity index (χ2v) is 21.7. The number of aliphatic hydroxyl groups excluding tert-OH is 2. The first-order valence-electron chi connectivity index (χ1n) is 31.8. The Hall–Kier alpha value is -1.92. The number of unbranched alkanes of at least 4 members (excludes halogenated alkanes) is 44. The number of carbonyl (C=O) groups excluding carboxylic acids is 2. The molecule has 0 heterocycles. The summed E-state index contributed by atoms with van der Waals surface area (Å²) in [5.41, 5.74) is 0. The highest BCUT2D eigenvalue weighted by Crippen LogP contribution is 2.18. The van der Waals surface area contributed by atoms with Crippen molar-refractivity contribution in [2.75, 3.05) is 13.2 Å². The summed E-state index contributed by atoms with van der Waals surface area (Å²) in [7, 11) is 0. The van der Waals surface area contributed by atoms with Crippen LogP contribution in [0.3, 0.4) is 0 Å². The Balaban J connectivity index is 3.39. The lowest BCUT2D eigenvalue weighted by molar-refractivity contribution is -0.143. The molecular formula is C65H123NO5. The van der Waals surface area contributed by atoms with Gasteiger partial charge in [0.1, 0.15) is 0 Å². The van der Waals surface area contributed by atoms with Gasteiger partial charge in [-0.3, -0.25) is 9.59 Å². The molecule has 0 spiro atoms. The third-order valence-electron chi connectivity index (χ3n) is 14.7. The molecule has 2 atom stereocenters. The van der Waals surface area contributed by atoms with Gasteiger partial charge in [0.2, 0.25) is 5.91 Å². The predicted molar refractivity (Wildman–Crippen MR) is 310 cm³/mol. The third kappa shape index (κ3) is 57.2. The molecule has 6 heteroatoms. The lowest BCUT2D eigenvalue weighted by Crippen LogP contribution is -2.45. The number of amides is 1. The van der Waals surface area contributed by atoms with Crippen LogP contribution in [-0.4, -0.2) is 47.4 Å². The Bertz CT molecular complexity index is 1150. The Kier molecular flexibility index (Phi) is 59.0. The first kappa shape index (κ1) is 69.1. The van der Waals surface area contributed by atoms with E-state index in [1.54, 1.807) is 6.08 Å². The van der Waals surface area contributed by atoms with Crippen molar-refractivity contribution in [3.8, 4) is 0 Å². The molecule has 0 aliphatic carbocycles. The number of rotatable bonds is 59. The molecule has 0 saturated heterocycles. The highest BCUT2D eigenvalue weighted by molar-refractivity contribution is 5.76. The molecule has 0 aromatic heterocycles. The summed E-state index contributed by atoms with van der Waals surface area (Å²) >= 11 is 0. The highest BCUT2D eigenvalue weighted by Gasteiger charge is 2.18. The summed E-state index contributed by atoms with van der Waals surface area (Å²) in [4.78, 5) is 24.5. The van der Waals surface area contributed by atoms with E-state index in [9.17, 15) is 19.8 Å². The van der Waals surface area contributed by atoms with Crippen molar-refractivity contribution in [3.05, 3.63) is 36.5 Å². The van der Waals surface area contributed by atoms with Crippen LogP contribution in [0.1, 0.15) is 341 Å². The minimum absolute atomic E-state index is 0.000370. The molecule has 6 nitrogen and oxygen atoms in total. The minimum Gasteiger partial charge on any atom is -0.466 e. The van der Waals surface area contributed by atoms with E-state index >= 15 is 0 Å². The number of esters is 1. The first-order valence-corrected chi connectivity index (χ1v) is 31.8. The Morgan fingerprint density at radius 3 is 1.11 bits per heavy atom. The van der Waals surface area contributed by atoms with Gasteiger partial charge in [-0.2, -0.15) is 0 Å². The number of nitrogens with one attached hydrogen (secondary N) is 1. The van der Waals surface area contributed by atoms with Gasteiger partial charge in [0, 0.05) is 12.8 Å². The van der Waals surface area contributed by atoms with Gasteiger partial charge in [-0.05, 0) is 57.8 Å². The van der Waals surface area contributed by atoms with Crippen molar-refractivity contribution in [2.45, 2.75) is 353 Å². The molecule has 0 aliphatic rings. The van der Waals surface area contributed by atoms with Gasteiger partial charge in [0.05, 0.1) is 25.4 Å². The van der Waals surface area contributed by atoms with Gasteiger partial charge in [0.15, 0.2) is 0 Å². The van der Waals surface area contributed by atoms with Crippen molar-refractivity contribution in [3.63, 3.8) is 0 Å². The molecule has 0 saturated carbocycles. The Morgan fingerprint density at radius 2 is 0.718 bits per heavy atom. The van der Waals surface area contributed by atoms with Crippen LogP contribution in [0.15, 0.2) is 36.5 Å². The predicted octanol–water partition coefficient (Wildman–Crippen LogP) is 20.0. The van der Waals surface area contributed by atoms with E-state index in [-0.39, 0.29) is 18.5 Å². The van der Waals surface area contributed by atoms with Crippen LogP contribution in [0.2, 0.25) is 0 Å². The molecule has 2 unspecified atom stereocenters. The van der Waals surface area contributed by atoms with Crippen LogP contribution in [0.25, 0.3) is 0 Å². The smallest absolute Gasteiger partial charge is 0.305 e. The van der Waals surface area contributed by atoms with Crippen molar-refractivity contribution in [1.29, 1.82) is 0 Å². The van der Waals surface area contributed by atoms with E-state index < -0.39 is 12.1 Å². The molecule has 0 fully saturated rings. The van der Waals surface area contributed by atoms with Gasteiger partial charge < -0.3 is 20.3 Å². The number of allylic oxidation sites excluding steroid dienone is 5. The van der Waals surface area contributed by atoms with Gasteiger partial charge in [-0.1, -0.05) is 307 Å². The molecule has 0 radical (unpaired) electrons. The third-order valence-corrected chi connectivity index (χ3v) is 14.7. The van der Waals surface area contributed by atoms with E-state index in [2.05, 4.69) is 43.5 Å². The van der Waals surface area contributed by atoms with Gasteiger partial charge in [-0.25, -0.2) is 0 Å². The van der Waals surface area contributed by atoms with E-state index in [1.165, 1.54) is 263 Å². The summed E-state index contributed by atoms with van der Waals surface area (Å²) in [6.45, 7) is 4.87. The molecule has 3 N–H and O–H groups in total. The Labute approximate surface area is 443 Å². The first-order chi connectivity index (χ1) is 35.0. The molecule has 418 valence electrons. The maximum Gasteiger partial charge on any atom is 0.305 e. The molecular weight excluding hydrogens is 875 g/mol. The van der Waals surface area contributed by atoms with Crippen LogP contribution in [0, 0.1) is 0 Å². The zero-order valence-electron chi connectivity index (χ0n) is 47.7. The monoisotopic (exact) mass is 998 g/mol. The topological polar surface area (TPSA) is 95.9 Å². The fourth-order valence-electron chi connectivity index (χ4n) is 9.77. The standard InChI is InChI=1S/C65H123NO5/c1-3-5-7-9-11-13-15-17-19-30-33-37-41-45-49-53-57-63(68)62(61-67)66-64(69)58-54-50-46-42-38-34-31-28-26-24-22-20-21-23-25-27-29-32-36-40-44-48-52-56-60-71-65(70)59-55-51-47-43-39-35-18-16-14-12-10-8-6-4-2/h10,12,16,18,53,57,62-63,67-68H,3-9,11,13-15,17,19-52,54-56,58-61H2,1-2H3,(H,66,69)/b12-10-,18-16-,57-53+. The van der Waals surface area contributed by atoms with Crippen LogP contribution >= 0.6 is 0 Å². The van der Waals surface area contributed by atoms with Crippen molar-refractivity contribution >= 4 is 11.9 Å². The summed E-state index contributed by atoms with van der Waals surface area (Å²) in [6, 6.07) is -0.627. The number of aliphatic hydroxyl groups is 2. The van der Waals surface area contributed by atoms with Gasteiger partial charge in [0.25, 0.3) is 0 Å². The number of hydrogen-bond acceptors (Lipinski definition) is 5. The fraction of sp³-hybridized carbons (Fsp3) is 0.877. The molecule has 0 aromatic rings. The second-order valence-electron chi connectivity index (χ2n) is 21.7. The lowest BCUT2D eigenvalue weighted by Gasteiger charge is -2.20. The quantitative estimate of drug-likeness (QED) is 0.0321. The van der Waals surface area contributed by atoms with Crippen LogP contribution in [-0.2, 0) is 14.3 Å². The Morgan fingerprint density at radius 1 is 0.394 bits per heavy atom. The van der Waals surface area contributed by atoms with Crippen molar-refractivity contribution < 1.29 is 24.5 Å². The van der Waals surface area contributed by atoms with E-state index in [4.69, 9.17) is 4.74 Å². The van der Waals surface area contributed by atoms with Crippen LogP contribution in [0.5, 0.6) is 0 Å². The van der Waals surface area contributed by atoms with E-state index in [1.807, 2.05) is 6.08 Å². The minimum atomic E-state index is -0.844. The van der Waals surface area contributed by atoms with Crippen molar-refractivity contribution in [2.24, 2.45) is 0 Å². The lowest BCUT2D eigenvalue weighted by atomic mass is 10.0. The number of ether oxygens (including phenoxy) is 1. The summed E-state index contributed by atoms with van der Waals surface area (Å²) in [5, 5.41) is 23.2. The van der Waals surface area contributed by atoms with Gasteiger partial charge >= 0.3 is 5.97 Å². The zero-order valence-corrected chi connectivity index (χ0v) is 47.7.